The van der Waals surface area contributed by atoms with Crippen LogP contribution in [0.4, 0.5) is 0 Å². The molecule has 1 fully saturated rings. The van der Waals surface area contributed by atoms with Crippen molar-refractivity contribution in [3.63, 3.8) is 0 Å². The molecule has 0 heterocycles. The van der Waals surface area contributed by atoms with E-state index in [0.717, 1.165) is 18.9 Å². The van der Waals surface area contributed by atoms with Crippen LogP contribution in [0.1, 0.15) is 57.1 Å². The highest BCUT2D eigenvalue weighted by molar-refractivity contribution is 14.0. The zero-order chi connectivity index (χ0) is 18.8. The number of aliphatic imine (C=N–C) groups is 1. The van der Waals surface area contributed by atoms with Crippen LogP contribution in [0.15, 0.2) is 35.3 Å². The highest BCUT2D eigenvalue weighted by Gasteiger charge is 2.14. The maximum Gasteiger partial charge on any atom is 0.243 e. The monoisotopic (exact) mass is 486 g/mol. The first-order chi connectivity index (χ1) is 12.6. The number of hydrogen-bond donors (Lipinski definition) is 2. The van der Waals surface area contributed by atoms with Crippen LogP contribution in [0, 0.1) is 5.92 Å². The van der Waals surface area contributed by atoms with Crippen molar-refractivity contribution in [2.45, 2.75) is 51.5 Å². The summed E-state index contributed by atoms with van der Waals surface area (Å²) in [6.07, 6.45) is 8.00. The highest BCUT2D eigenvalue weighted by atomic mass is 127. The molecule has 0 radical (unpaired) electrons. The molecule has 0 spiro atoms. The SMILES string of the molecule is CC(NC(=NCC(=O)N(C)C)NCCCC1CCCC1)c1ccccc1.I. The lowest BCUT2D eigenvalue weighted by Gasteiger charge is -2.19. The Morgan fingerprint density at radius 2 is 1.89 bits per heavy atom. The molecule has 1 aliphatic rings. The third-order valence-corrected chi connectivity index (χ3v) is 5.08. The molecule has 152 valence electrons. The smallest absolute Gasteiger partial charge is 0.243 e. The van der Waals surface area contributed by atoms with Gasteiger partial charge < -0.3 is 15.5 Å². The molecule has 5 nitrogen and oxygen atoms in total. The minimum Gasteiger partial charge on any atom is -0.356 e. The molecule has 27 heavy (non-hydrogen) atoms. The Morgan fingerprint density at radius 3 is 2.52 bits per heavy atom. The predicted octanol–water partition coefficient (Wildman–Crippen LogP) is 3.96. The first-order valence-electron chi connectivity index (χ1n) is 9.86. The summed E-state index contributed by atoms with van der Waals surface area (Å²) in [6, 6.07) is 10.4. The minimum atomic E-state index is 0. The van der Waals surface area contributed by atoms with E-state index in [1.807, 2.05) is 18.2 Å². The fourth-order valence-corrected chi connectivity index (χ4v) is 3.37. The van der Waals surface area contributed by atoms with Crippen molar-refractivity contribution < 1.29 is 4.79 Å². The largest absolute Gasteiger partial charge is 0.356 e. The molecular formula is C21H35IN4O. The third-order valence-electron chi connectivity index (χ3n) is 5.08. The van der Waals surface area contributed by atoms with E-state index in [2.05, 4.69) is 34.7 Å². The second-order valence-electron chi connectivity index (χ2n) is 7.45. The summed E-state index contributed by atoms with van der Waals surface area (Å²) in [5.74, 6) is 1.62. The molecule has 0 aliphatic heterocycles. The number of carbonyl (C=O) groups is 1. The molecule has 1 atom stereocenters. The van der Waals surface area contributed by atoms with Crippen LogP contribution in [0.3, 0.4) is 0 Å². The van der Waals surface area contributed by atoms with E-state index in [9.17, 15) is 4.79 Å². The topological polar surface area (TPSA) is 56.7 Å². The fourth-order valence-electron chi connectivity index (χ4n) is 3.37. The predicted molar refractivity (Wildman–Crippen MR) is 124 cm³/mol. The Labute approximate surface area is 181 Å². The van der Waals surface area contributed by atoms with Crippen LogP contribution < -0.4 is 10.6 Å². The van der Waals surface area contributed by atoms with Crippen LogP contribution in [-0.2, 0) is 4.79 Å². The molecular weight excluding hydrogens is 451 g/mol. The van der Waals surface area contributed by atoms with Gasteiger partial charge in [-0.05, 0) is 31.2 Å². The average Bonchev–Trinajstić information content (AvgIpc) is 3.16. The van der Waals surface area contributed by atoms with E-state index < -0.39 is 0 Å². The van der Waals surface area contributed by atoms with Gasteiger partial charge in [-0.15, -0.1) is 24.0 Å². The number of guanidine groups is 1. The molecule has 1 aromatic carbocycles. The van der Waals surface area contributed by atoms with Crippen molar-refractivity contribution in [3.8, 4) is 0 Å². The maximum atomic E-state index is 11.9. The first-order valence-corrected chi connectivity index (χ1v) is 9.86. The van der Waals surface area contributed by atoms with Gasteiger partial charge in [0.15, 0.2) is 5.96 Å². The van der Waals surface area contributed by atoms with E-state index in [4.69, 9.17) is 0 Å². The Morgan fingerprint density at radius 1 is 1.22 bits per heavy atom. The summed E-state index contributed by atoms with van der Waals surface area (Å²) in [5.41, 5.74) is 1.20. The van der Waals surface area contributed by atoms with Gasteiger partial charge in [-0.1, -0.05) is 56.0 Å². The van der Waals surface area contributed by atoms with Crippen LogP contribution in [0.5, 0.6) is 0 Å². The number of likely N-dealkylation sites (N-methyl/N-ethyl adjacent to an activating group) is 1. The molecule has 1 unspecified atom stereocenters. The summed E-state index contributed by atoms with van der Waals surface area (Å²) < 4.78 is 0. The zero-order valence-corrected chi connectivity index (χ0v) is 19.2. The average molecular weight is 486 g/mol. The zero-order valence-electron chi connectivity index (χ0n) is 16.9. The van der Waals surface area contributed by atoms with Crippen LogP contribution >= 0.6 is 24.0 Å². The Bertz CT molecular complexity index is 571. The van der Waals surface area contributed by atoms with Gasteiger partial charge in [0.25, 0.3) is 0 Å². The molecule has 1 saturated carbocycles. The second kappa shape index (κ2) is 13.0. The fraction of sp³-hybridized carbons (Fsp3) is 0.619. The Hall–Kier alpha value is -1.31. The van der Waals surface area contributed by atoms with Gasteiger partial charge in [-0.3, -0.25) is 4.79 Å². The molecule has 0 bridgehead atoms. The molecule has 1 amide bonds. The number of hydrogen-bond acceptors (Lipinski definition) is 2. The molecule has 1 aliphatic carbocycles. The lowest BCUT2D eigenvalue weighted by molar-refractivity contribution is -0.127. The van der Waals surface area contributed by atoms with Crippen molar-refractivity contribution in [2.75, 3.05) is 27.2 Å². The number of benzene rings is 1. The molecule has 0 saturated heterocycles. The van der Waals surface area contributed by atoms with Crippen LogP contribution in [0.2, 0.25) is 0 Å². The van der Waals surface area contributed by atoms with Gasteiger partial charge in [-0.2, -0.15) is 0 Å². The normalized spacial score (nSPS) is 15.7. The standard InChI is InChI=1S/C21H34N4O.HI/c1-17(19-13-5-4-6-14-19)24-21(23-16-20(26)25(2)3)22-15-9-12-18-10-7-8-11-18;/h4-6,13-14,17-18H,7-12,15-16H2,1-3H3,(H2,22,23,24);1H. The van der Waals surface area contributed by atoms with Gasteiger partial charge in [0, 0.05) is 20.6 Å². The summed E-state index contributed by atoms with van der Waals surface area (Å²) in [6.45, 7) is 3.16. The van der Waals surface area contributed by atoms with Gasteiger partial charge in [-0.25, -0.2) is 4.99 Å². The van der Waals surface area contributed by atoms with Crippen molar-refractivity contribution in [1.82, 2.24) is 15.5 Å². The van der Waals surface area contributed by atoms with Gasteiger partial charge >= 0.3 is 0 Å². The molecule has 6 heteroatoms. The lowest BCUT2D eigenvalue weighted by Crippen LogP contribution is -2.40. The van der Waals surface area contributed by atoms with E-state index in [-0.39, 0.29) is 42.5 Å². The van der Waals surface area contributed by atoms with Gasteiger partial charge in [0.1, 0.15) is 6.54 Å². The lowest BCUT2D eigenvalue weighted by atomic mass is 10.0. The summed E-state index contributed by atoms with van der Waals surface area (Å²) in [4.78, 5) is 17.9. The number of amides is 1. The summed E-state index contributed by atoms with van der Waals surface area (Å²) >= 11 is 0. The van der Waals surface area contributed by atoms with Crippen molar-refractivity contribution >= 4 is 35.8 Å². The molecule has 0 aromatic heterocycles. The van der Waals surface area contributed by atoms with Crippen molar-refractivity contribution in [1.29, 1.82) is 0 Å². The highest BCUT2D eigenvalue weighted by Crippen LogP contribution is 2.28. The maximum absolute atomic E-state index is 11.9. The minimum absolute atomic E-state index is 0. The Kier molecular flexibility index (Phi) is 11.4. The Balaban J connectivity index is 0.00000364. The van der Waals surface area contributed by atoms with E-state index in [1.54, 1.807) is 19.0 Å². The molecule has 2 N–H and O–H groups in total. The summed E-state index contributed by atoms with van der Waals surface area (Å²) in [5, 5.41) is 6.83. The number of carbonyl (C=O) groups excluding carboxylic acids is 1. The quantitative estimate of drug-likeness (QED) is 0.253. The number of nitrogens with zero attached hydrogens (tertiary/aromatic N) is 2. The second-order valence-corrected chi connectivity index (χ2v) is 7.45. The molecule has 1 aromatic rings. The van der Waals surface area contributed by atoms with Gasteiger partial charge in [0.05, 0.1) is 6.04 Å². The van der Waals surface area contributed by atoms with Crippen molar-refractivity contribution in [3.05, 3.63) is 35.9 Å². The van der Waals surface area contributed by atoms with Crippen LogP contribution in [0.25, 0.3) is 0 Å². The number of rotatable bonds is 8. The number of nitrogens with one attached hydrogen (secondary N) is 2. The van der Waals surface area contributed by atoms with Crippen LogP contribution in [-0.4, -0.2) is 44.0 Å². The van der Waals surface area contributed by atoms with Crippen molar-refractivity contribution in [2.24, 2.45) is 10.9 Å². The third kappa shape index (κ3) is 8.95. The first kappa shape index (κ1) is 23.7. The van der Waals surface area contributed by atoms with Gasteiger partial charge in [0.2, 0.25) is 5.91 Å². The van der Waals surface area contributed by atoms with E-state index >= 15 is 0 Å². The summed E-state index contributed by atoms with van der Waals surface area (Å²) in [7, 11) is 3.51. The number of halogens is 1. The molecule has 2 rings (SSSR count). The van der Waals surface area contributed by atoms with E-state index in [1.165, 1.54) is 37.7 Å². The van der Waals surface area contributed by atoms with E-state index in [0.29, 0.717) is 5.96 Å².